The molecule has 0 N–H and O–H groups in total. The molecule has 0 saturated heterocycles. The second-order valence-electron chi connectivity index (χ2n) is 2.99. The van der Waals surface area contributed by atoms with E-state index < -0.39 is 0 Å². The molecule has 1 nitrogen and oxygen atoms in total. The molecule has 0 aromatic rings. The Labute approximate surface area is 68.8 Å². The van der Waals surface area contributed by atoms with E-state index in [0.717, 1.165) is 12.8 Å². The quantitative estimate of drug-likeness (QED) is 0.562. The van der Waals surface area contributed by atoms with E-state index in [1.54, 1.807) is 6.26 Å². The molecule has 0 aromatic heterocycles. The molecule has 0 fully saturated rings. The van der Waals surface area contributed by atoms with Crippen LogP contribution in [0.15, 0.2) is 24.5 Å². The number of hydrogen-bond donors (Lipinski definition) is 0. The molecule has 0 aliphatic carbocycles. The van der Waals surface area contributed by atoms with E-state index in [1.165, 1.54) is 18.4 Å². The highest BCUT2D eigenvalue weighted by Crippen LogP contribution is 2.20. The molecule has 1 unspecified atom stereocenters. The molecule has 1 heterocycles. The highest BCUT2D eigenvalue weighted by molar-refractivity contribution is 5.08. The van der Waals surface area contributed by atoms with Crippen molar-refractivity contribution in [1.82, 2.24) is 0 Å². The summed E-state index contributed by atoms with van der Waals surface area (Å²) in [6.07, 6.45) is 8.72. The molecule has 1 aliphatic heterocycles. The third-order valence-corrected chi connectivity index (χ3v) is 2.00. The highest BCUT2D eigenvalue weighted by atomic mass is 16.5. The van der Waals surface area contributed by atoms with Gasteiger partial charge in [-0.05, 0) is 24.5 Å². The van der Waals surface area contributed by atoms with Crippen molar-refractivity contribution >= 4 is 0 Å². The SMILES string of the molecule is C=C(CCCC)C1CC=CO1. The second-order valence-corrected chi connectivity index (χ2v) is 2.99. The first-order chi connectivity index (χ1) is 5.34. The molecular weight excluding hydrogens is 136 g/mol. The molecule has 0 aromatic carbocycles. The summed E-state index contributed by atoms with van der Waals surface area (Å²) in [5.41, 5.74) is 1.25. The number of hydrogen-bond acceptors (Lipinski definition) is 1. The van der Waals surface area contributed by atoms with Crippen LogP contribution in [-0.2, 0) is 4.74 Å². The predicted molar refractivity (Wildman–Crippen MR) is 47.3 cm³/mol. The molecule has 1 rings (SSSR count). The topological polar surface area (TPSA) is 9.23 Å². The molecule has 1 atom stereocenters. The van der Waals surface area contributed by atoms with Gasteiger partial charge in [-0.3, -0.25) is 0 Å². The summed E-state index contributed by atoms with van der Waals surface area (Å²) in [5, 5.41) is 0. The van der Waals surface area contributed by atoms with Gasteiger partial charge >= 0.3 is 0 Å². The largest absolute Gasteiger partial charge is 0.494 e. The van der Waals surface area contributed by atoms with Crippen molar-refractivity contribution in [1.29, 1.82) is 0 Å². The summed E-state index contributed by atoms with van der Waals surface area (Å²) in [5.74, 6) is 0. The van der Waals surface area contributed by atoms with Crippen LogP contribution in [0.25, 0.3) is 0 Å². The van der Waals surface area contributed by atoms with Crippen LogP contribution in [0.2, 0.25) is 0 Å². The van der Waals surface area contributed by atoms with E-state index in [-0.39, 0.29) is 6.10 Å². The monoisotopic (exact) mass is 152 g/mol. The maximum Gasteiger partial charge on any atom is 0.122 e. The Morgan fingerprint density at radius 2 is 2.55 bits per heavy atom. The van der Waals surface area contributed by atoms with Gasteiger partial charge in [0.25, 0.3) is 0 Å². The van der Waals surface area contributed by atoms with Gasteiger partial charge in [0.15, 0.2) is 0 Å². The van der Waals surface area contributed by atoms with Gasteiger partial charge in [-0.15, -0.1) is 0 Å². The molecule has 1 aliphatic rings. The molecule has 0 amide bonds. The van der Waals surface area contributed by atoms with Crippen LogP contribution in [0.4, 0.5) is 0 Å². The van der Waals surface area contributed by atoms with E-state index in [9.17, 15) is 0 Å². The van der Waals surface area contributed by atoms with Crippen molar-refractivity contribution in [2.45, 2.75) is 38.7 Å². The van der Waals surface area contributed by atoms with Gasteiger partial charge in [0.1, 0.15) is 6.10 Å². The zero-order valence-corrected chi connectivity index (χ0v) is 7.18. The minimum absolute atomic E-state index is 0.279. The normalized spacial score (nSPS) is 21.7. The van der Waals surface area contributed by atoms with Crippen molar-refractivity contribution in [3.05, 3.63) is 24.5 Å². The number of rotatable bonds is 4. The van der Waals surface area contributed by atoms with Crippen molar-refractivity contribution < 1.29 is 4.74 Å². The summed E-state index contributed by atoms with van der Waals surface area (Å²) in [6, 6.07) is 0. The summed E-state index contributed by atoms with van der Waals surface area (Å²) < 4.78 is 5.33. The zero-order valence-electron chi connectivity index (χ0n) is 7.18. The maximum absolute atomic E-state index is 5.33. The van der Waals surface area contributed by atoms with Crippen molar-refractivity contribution in [2.24, 2.45) is 0 Å². The van der Waals surface area contributed by atoms with Crippen molar-refractivity contribution in [3.8, 4) is 0 Å². The smallest absolute Gasteiger partial charge is 0.122 e. The molecule has 1 heteroatoms. The average Bonchev–Trinajstić information content (AvgIpc) is 2.52. The summed E-state index contributed by atoms with van der Waals surface area (Å²) in [6.45, 7) is 6.20. The third kappa shape index (κ3) is 2.41. The van der Waals surface area contributed by atoms with E-state index in [0.29, 0.717) is 0 Å². The van der Waals surface area contributed by atoms with Crippen molar-refractivity contribution in [2.75, 3.05) is 0 Å². The van der Waals surface area contributed by atoms with Crippen LogP contribution in [-0.4, -0.2) is 6.10 Å². The Hall–Kier alpha value is -0.720. The second kappa shape index (κ2) is 4.22. The van der Waals surface area contributed by atoms with Gasteiger partial charge in [0.2, 0.25) is 0 Å². The molecule has 0 spiro atoms. The van der Waals surface area contributed by atoms with Gasteiger partial charge in [0.05, 0.1) is 6.26 Å². The number of unbranched alkanes of at least 4 members (excludes halogenated alkanes) is 1. The first-order valence-corrected chi connectivity index (χ1v) is 4.32. The minimum Gasteiger partial charge on any atom is -0.494 e. The molecule has 0 radical (unpaired) electrons. The fourth-order valence-corrected chi connectivity index (χ4v) is 1.21. The summed E-state index contributed by atoms with van der Waals surface area (Å²) >= 11 is 0. The van der Waals surface area contributed by atoms with Crippen LogP contribution in [0.1, 0.15) is 32.6 Å². The van der Waals surface area contributed by atoms with Gasteiger partial charge in [0, 0.05) is 6.42 Å². The predicted octanol–water partition coefficient (Wildman–Crippen LogP) is 3.04. The highest BCUT2D eigenvalue weighted by Gasteiger charge is 2.13. The lowest BCUT2D eigenvalue weighted by atomic mass is 10.0. The van der Waals surface area contributed by atoms with Gasteiger partial charge in [-0.2, -0.15) is 0 Å². The Morgan fingerprint density at radius 3 is 3.09 bits per heavy atom. The lowest BCUT2D eigenvalue weighted by Crippen LogP contribution is -2.07. The molecular formula is C10H16O. The first kappa shape index (κ1) is 8.38. The Kier molecular flexibility index (Phi) is 3.21. The third-order valence-electron chi connectivity index (χ3n) is 2.00. The Bertz CT molecular complexity index is 150. The Morgan fingerprint density at radius 1 is 1.73 bits per heavy atom. The minimum atomic E-state index is 0.279. The Balaban J connectivity index is 2.19. The average molecular weight is 152 g/mol. The van der Waals surface area contributed by atoms with Crippen LogP contribution in [0.5, 0.6) is 0 Å². The lowest BCUT2D eigenvalue weighted by Gasteiger charge is -2.12. The zero-order chi connectivity index (χ0) is 8.10. The van der Waals surface area contributed by atoms with Crippen LogP contribution < -0.4 is 0 Å². The van der Waals surface area contributed by atoms with Gasteiger partial charge in [-0.25, -0.2) is 0 Å². The number of ether oxygens (including phenoxy) is 1. The maximum atomic E-state index is 5.33. The summed E-state index contributed by atoms with van der Waals surface area (Å²) in [4.78, 5) is 0. The van der Waals surface area contributed by atoms with E-state index in [4.69, 9.17) is 4.74 Å². The van der Waals surface area contributed by atoms with Crippen LogP contribution in [0, 0.1) is 0 Å². The summed E-state index contributed by atoms with van der Waals surface area (Å²) in [7, 11) is 0. The van der Waals surface area contributed by atoms with E-state index in [2.05, 4.69) is 19.6 Å². The lowest BCUT2D eigenvalue weighted by molar-refractivity contribution is 0.199. The molecule has 0 bridgehead atoms. The van der Waals surface area contributed by atoms with E-state index in [1.807, 2.05) is 0 Å². The fraction of sp³-hybridized carbons (Fsp3) is 0.600. The van der Waals surface area contributed by atoms with Gasteiger partial charge in [-0.1, -0.05) is 19.9 Å². The standard InChI is InChI=1S/C10H16O/c1-3-4-6-9(2)10-7-5-8-11-10/h5,8,10H,2-4,6-7H2,1H3. The first-order valence-electron chi connectivity index (χ1n) is 4.32. The van der Waals surface area contributed by atoms with Gasteiger partial charge < -0.3 is 4.74 Å². The van der Waals surface area contributed by atoms with Crippen LogP contribution >= 0.6 is 0 Å². The van der Waals surface area contributed by atoms with Crippen molar-refractivity contribution in [3.63, 3.8) is 0 Å². The molecule has 62 valence electrons. The van der Waals surface area contributed by atoms with E-state index >= 15 is 0 Å². The molecule has 11 heavy (non-hydrogen) atoms. The molecule has 0 saturated carbocycles. The fourth-order valence-electron chi connectivity index (χ4n) is 1.21. The van der Waals surface area contributed by atoms with Crippen LogP contribution in [0.3, 0.4) is 0 Å².